The molecule has 0 aromatic heterocycles. The molecule has 5 heteroatoms. The number of hydrogen-bond acceptors (Lipinski definition) is 3. The van der Waals surface area contributed by atoms with E-state index in [0.29, 0.717) is 25.9 Å². The van der Waals surface area contributed by atoms with Crippen molar-refractivity contribution < 1.29 is 9.59 Å². The summed E-state index contributed by atoms with van der Waals surface area (Å²) in [6.45, 7) is 5.82. The van der Waals surface area contributed by atoms with E-state index >= 15 is 0 Å². The fourth-order valence-corrected chi connectivity index (χ4v) is 4.93. The molecule has 0 bridgehead atoms. The Balaban J connectivity index is 3.82. The topological polar surface area (TPSA) is 84.2 Å². The van der Waals surface area contributed by atoms with Crippen molar-refractivity contribution in [3.63, 3.8) is 0 Å². The molecule has 0 fully saturated rings. The molecule has 0 aromatic rings. The van der Waals surface area contributed by atoms with Gasteiger partial charge in [-0.05, 0) is 38.6 Å². The zero-order valence-electron chi connectivity index (χ0n) is 25.1. The van der Waals surface area contributed by atoms with E-state index in [1.807, 2.05) is 0 Å². The Morgan fingerprint density at radius 3 is 1.46 bits per heavy atom. The second-order valence-corrected chi connectivity index (χ2v) is 11.2. The SMILES string of the molecule is CCCCCCCCCCCCCCCCCC(=O)NC(CCCCN)C(=O)NCCCCCCCC. The quantitative estimate of drug-likeness (QED) is 0.0861. The van der Waals surface area contributed by atoms with Gasteiger partial charge in [-0.25, -0.2) is 0 Å². The molecule has 2 amide bonds. The second kappa shape index (κ2) is 29.5. The Morgan fingerprint density at radius 2 is 1.00 bits per heavy atom. The number of amides is 2. The molecule has 0 saturated heterocycles. The highest BCUT2D eigenvalue weighted by Gasteiger charge is 2.19. The van der Waals surface area contributed by atoms with Crippen LogP contribution >= 0.6 is 0 Å². The summed E-state index contributed by atoms with van der Waals surface area (Å²) in [5, 5.41) is 6.05. The lowest BCUT2D eigenvalue weighted by Crippen LogP contribution is -2.47. The zero-order chi connectivity index (χ0) is 27.2. The largest absolute Gasteiger partial charge is 0.354 e. The number of carbonyl (C=O) groups excluding carboxylic acids is 2. The molecule has 4 N–H and O–H groups in total. The Kier molecular flexibility index (Phi) is 28.6. The van der Waals surface area contributed by atoms with Crippen LogP contribution in [0, 0.1) is 0 Å². The van der Waals surface area contributed by atoms with Crippen LogP contribution < -0.4 is 16.4 Å². The van der Waals surface area contributed by atoms with E-state index in [4.69, 9.17) is 5.73 Å². The van der Waals surface area contributed by atoms with Gasteiger partial charge in [-0.1, -0.05) is 136 Å². The average Bonchev–Trinajstić information content (AvgIpc) is 2.89. The molecule has 0 saturated carbocycles. The third-order valence-electron chi connectivity index (χ3n) is 7.44. The number of carbonyl (C=O) groups is 2. The van der Waals surface area contributed by atoms with E-state index in [0.717, 1.165) is 38.5 Å². The molecule has 5 nitrogen and oxygen atoms in total. The Morgan fingerprint density at radius 1 is 0.568 bits per heavy atom. The predicted molar refractivity (Wildman–Crippen MR) is 161 cm³/mol. The van der Waals surface area contributed by atoms with Crippen LogP contribution in [-0.4, -0.2) is 30.9 Å². The average molecular weight is 524 g/mol. The number of unbranched alkanes of at least 4 members (excludes halogenated alkanes) is 20. The van der Waals surface area contributed by atoms with Gasteiger partial charge in [-0.15, -0.1) is 0 Å². The van der Waals surface area contributed by atoms with Crippen LogP contribution in [0.15, 0.2) is 0 Å². The van der Waals surface area contributed by atoms with E-state index in [1.165, 1.54) is 109 Å². The summed E-state index contributed by atoms with van der Waals surface area (Å²) in [5.41, 5.74) is 5.62. The molecule has 0 aliphatic heterocycles. The van der Waals surface area contributed by atoms with E-state index in [1.54, 1.807) is 0 Å². The highest BCUT2D eigenvalue weighted by Crippen LogP contribution is 2.14. The zero-order valence-corrected chi connectivity index (χ0v) is 25.1. The minimum atomic E-state index is -0.421. The molecule has 0 heterocycles. The molecule has 0 aliphatic carbocycles. The van der Waals surface area contributed by atoms with Gasteiger partial charge < -0.3 is 16.4 Å². The van der Waals surface area contributed by atoms with E-state index in [-0.39, 0.29) is 11.8 Å². The van der Waals surface area contributed by atoms with E-state index < -0.39 is 6.04 Å². The van der Waals surface area contributed by atoms with Gasteiger partial charge in [0, 0.05) is 13.0 Å². The van der Waals surface area contributed by atoms with Crippen LogP contribution in [0.4, 0.5) is 0 Å². The summed E-state index contributed by atoms with van der Waals surface area (Å²) >= 11 is 0. The minimum absolute atomic E-state index is 0.0159. The molecule has 37 heavy (non-hydrogen) atoms. The number of hydrogen-bond donors (Lipinski definition) is 3. The van der Waals surface area contributed by atoms with Crippen molar-refractivity contribution in [1.29, 1.82) is 0 Å². The standard InChI is InChI=1S/C32H65N3O2/c1-3-5-7-9-11-12-13-14-15-16-17-18-19-20-22-27-31(36)35-30(26-23-24-28-33)32(37)34-29-25-21-10-8-6-4-2/h30H,3-29,33H2,1-2H3,(H,34,37)(H,35,36). The molecule has 1 unspecified atom stereocenters. The van der Waals surface area contributed by atoms with Crippen molar-refractivity contribution in [2.45, 2.75) is 180 Å². The van der Waals surface area contributed by atoms with Crippen molar-refractivity contribution in [2.24, 2.45) is 5.73 Å². The lowest BCUT2D eigenvalue weighted by molar-refractivity contribution is -0.129. The van der Waals surface area contributed by atoms with E-state index in [9.17, 15) is 9.59 Å². The Bertz CT molecular complexity index is 498. The maximum absolute atomic E-state index is 12.7. The first-order chi connectivity index (χ1) is 18.2. The first-order valence-electron chi connectivity index (χ1n) is 16.4. The van der Waals surface area contributed by atoms with Crippen LogP contribution in [0.1, 0.15) is 174 Å². The fourth-order valence-electron chi connectivity index (χ4n) is 4.93. The summed E-state index contributed by atoms with van der Waals surface area (Å²) in [6.07, 6.45) is 30.0. The number of nitrogens with one attached hydrogen (secondary N) is 2. The molecule has 0 spiro atoms. The second-order valence-electron chi connectivity index (χ2n) is 11.2. The minimum Gasteiger partial charge on any atom is -0.354 e. The van der Waals surface area contributed by atoms with Crippen molar-refractivity contribution in [3.05, 3.63) is 0 Å². The number of rotatable bonds is 29. The van der Waals surface area contributed by atoms with Crippen molar-refractivity contribution >= 4 is 11.8 Å². The molecule has 0 aliphatic rings. The first kappa shape index (κ1) is 35.9. The summed E-state index contributed by atoms with van der Waals surface area (Å²) in [6, 6.07) is -0.421. The van der Waals surface area contributed by atoms with Gasteiger partial charge in [-0.3, -0.25) is 9.59 Å². The molecule has 0 radical (unpaired) electrons. The summed E-state index contributed by atoms with van der Waals surface area (Å²) in [4.78, 5) is 25.1. The monoisotopic (exact) mass is 524 g/mol. The molecule has 0 rings (SSSR count). The number of nitrogens with two attached hydrogens (primary N) is 1. The van der Waals surface area contributed by atoms with Crippen molar-refractivity contribution in [1.82, 2.24) is 10.6 Å². The molecular formula is C32H65N3O2. The van der Waals surface area contributed by atoms with Gasteiger partial charge >= 0.3 is 0 Å². The summed E-state index contributed by atoms with van der Waals surface area (Å²) < 4.78 is 0. The van der Waals surface area contributed by atoms with Gasteiger partial charge in [0.1, 0.15) is 6.04 Å². The van der Waals surface area contributed by atoms with Crippen LogP contribution in [0.2, 0.25) is 0 Å². The van der Waals surface area contributed by atoms with Gasteiger partial charge in [0.05, 0.1) is 0 Å². The highest BCUT2D eigenvalue weighted by molar-refractivity contribution is 5.87. The van der Waals surface area contributed by atoms with Gasteiger partial charge in [-0.2, -0.15) is 0 Å². The predicted octanol–water partition coefficient (Wildman–Crippen LogP) is 8.34. The maximum atomic E-state index is 12.7. The lowest BCUT2D eigenvalue weighted by Gasteiger charge is -2.18. The first-order valence-corrected chi connectivity index (χ1v) is 16.4. The third-order valence-corrected chi connectivity index (χ3v) is 7.44. The van der Waals surface area contributed by atoms with Crippen LogP contribution in [-0.2, 0) is 9.59 Å². The third kappa shape index (κ3) is 26.3. The Hall–Kier alpha value is -1.10. The molecular weight excluding hydrogens is 458 g/mol. The van der Waals surface area contributed by atoms with Crippen molar-refractivity contribution in [2.75, 3.05) is 13.1 Å². The molecule has 1 atom stereocenters. The highest BCUT2D eigenvalue weighted by atomic mass is 16.2. The normalized spacial score (nSPS) is 12.0. The van der Waals surface area contributed by atoms with Gasteiger partial charge in [0.2, 0.25) is 11.8 Å². The van der Waals surface area contributed by atoms with Gasteiger partial charge in [0.15, 0.2) is 0 Å². The van der Waals surface area contributed by atoms with Crippen LogP contribution in [0.3, 0.4) is 0 Å². The smallest absolute Gasteiger partial charge is 0.242 e. The maximum Gasteiger partial charge on any atom is 0.242 e. The van der Waals surface area contributed by atoms with E-state index in [2.05, 4.69) is 24.5 Å². The summed E-state index contributed by atoms with van der Waals surface area (Å²) in [5.74, 6) is -0.0161. The van der Waals surface area contributed by atoms with Crippen LogP contribution in [0.25, 0.3) is 0 Å². The molecule has 220 valence electrons. The Labute approximate surface area is 231 Å². The van der Waals surface area contributed by atoms with Gasteiger partial charge in [0.25, 0.3) is 0 Å². The lowest BCUT2D eigenvalue weighted by atomic mass is 10.0. The van der Waals surface area contributed by atoms with Crippen molar-refractivity contribution in [3.8, 4) is 0 Å². The van der Waals surface area contributed by atoms with Crippen LogP contribution in [0.5, 0.6) is 0 Å². The molecule has 0 aromatic carbocycles. The fraction of sp³-hybridized carbons (Fsp3) is 0.938. The summed E-state index contributed by atoms with van der Waals surface area (Å²) in [7, 11) is 0.